The van der Waals surface area contributed by atoms with Gasteiger partial charge in [-0.3, -0.25) is 0 Å². The number of rotatable bonds is 0. The van der Waals surface area contributed by atoms with Crippen LogP contribution in [0.3, 0.4) is 0 Å². The molecule has 4 saturated carbocycles. The molecule has 4 bridgehead atoms. The minimum Gasteiger partial charge on any atom is -0.393 e. The van der Waals surface area contributed by atoms with E-state index in [1.165, 1.54) is 19.3 Å². The summed E-state index contributed by atoms with van der Waals surface area (Å²) in [6.45, 7) is 2.38. The van der Waals surface area contributed by atoms with Gasteiger partial charge in [-0.25, -0.2) is 0 Å². The first-order valence-electron chi connectivity index (χ1n) is 4.41. The zero-order chi connectivity index (χ0) is 6.93. The first-order valence-corrected chi connectivity index (χ1v) is 4.41. The Balaban J connectivity index is 2.07. The minimum atomic E-state index is 0.0868. The zero-order valence-electron chi connectivity index (χ0n) is 6.38. The predicted molar refractivity (Wildman–Crippen MR) is 38.4 cm³/mol. The monoisotopic (exact) mass is 138 g/mol. The Kier molecular flexibility index (Phi) is 0.722. The topological polar surface area (TPSA) is 20.2 Å². The third-order valence-electron chi connectivity index (χ3n) is 4.53. The summed E-state index contributed by atoms with van der Waals surface area (Å²) in [4.78, 5) is 0. The van der Waals surface area contributed by atoms with Crippen molar-refractivity contribution in [3.05, 3.63) is 0 Å². The van der Waals surface area contributed by atoms with Crippen molar-refractivity contribution >= 4 is 0 Å². The number of hydrogen-bond acceptors (Lipinski definition) is 1. The van der Waals surface area contributed by atoms with Crippen LogP contribution in [0.2, 0.25) is 0 Å². The van der Waals surface area contributed by atoms with Crippen molar-refractivity contribution in [1.82, 2.24) is 0 Å². The molecule has 0 amide bonds. The Morgan fingerprint density at radius 2 is 2.00 bits per heavy atom. The van der Waals surface area contributed by atoms with Crippen LogP contribution in [0, 0.1) is 23.2 Å². The van der Waals surface area contributed by atoms with Gasteiger partial charge in [-0.2, -0.15) is 0 Å². The van der Waals surface area contributed by atoms with Gasteiger partial charge in [-0.05, 0) is 42.4 Å². The Labute approximate surface area is 61.4 Å². The van der Waals surface area contributed by atoms with Gasteiger partial charge in [0, 0.05) is 0 Å². The second-order valence-electron chi connectivity index (χ2n) is 4.65. The summed E-state index contributed by atoms with van der Waals surface area (Å²) < 4.78 is 0. The molecule has 0 aromatic heterocycles. The maximum atomic E-state index is 9.69. The Morgan fingerprint density at radius 1 is 1.30 bits per heavy atom. The predicted octanol–water partition coefficient (Wildman–Crippen LogP) is 1.41. The molecule has 4 aliphatic rings. The first-order chi connectivity index (χ1) is 4.73. The fraction of sp³-hybridized carbons (Fsp3) is 1.00. The normalized spacial score (nSPS) is 70.2. The Morgan fingerprint density at radius 3 is 2.40 bits per heavy atom. The van der Waals surface area contributed by atoms with E-state index in [9.17, 15) is 5.11 Å². The van der Waals surface area contributed by atoms with E-state index < -0.39 is 0 Å². The molecular weight excluding hydrogens is 124 g/mol. The maximum absolute atomic E-state index is 9.69. The van der Waals surface area contributed by atoms with Crippen molar-refractivity contribution in [2.45, 2.75) is 32.3 Å². The standard InChI is InChI=1S/C9H14O/c1-9-4-5-6(9)2-3-7(9)8(5)10/h5-8,10H,2-4H2,1H3/t5-,6-,7+,8+,9+/m1/s1. The van der Waals surface area contributed by atoms with Gasteiger partial charge in [0.25, 0.3) is 0 Å². The van der Waals surface area contributed by atoms with E-state index in [0.717, 1.165) is 5.92 Å². The van der Waals surface area contributed by atoms with Crippen LogP contribution in [0.5, 0.6) is 0 Å². The van der Waals surface area contributed by atoms with E-state index in [-0.39, 0.29) is 6.10 Å². The molecule has 1 heteroatoms. The summed E-state index contributed by atoms with van der Waals surface area (Å²) in [7, 11) is 0. The second kappa shape index (κ2) is 1.29. The molecule has 4 fully saturated rings. The van der Waals surface area contributed by atoms with Crippen molar-refractivity contribution in [2.24, 2.45) is 23.2 Å². The fourth-order valence-corrected chi connectivity index (χ4v) is 4.01. The molecule has 0 heterocycles. The van der Waals surface area contributed by atoms with Crippen LogP contribution in [0.25, 0.3) is 0 Å². The van der Waals surface area contributed by atoms with E-state index in [2.05, 4.69) is 6.92 Å². The van der Waals surface area contributed by atoms with E-state index >= 15 is 0 Å². The summed E-state index contributed by atoms with van der Waals surface area (Å²) >= 11 is 0. The number of hydrogen-bond donors (Lipinski definition) is 1. The van der Waals surface area contributed by atoms with Crippen molar-refractivity contribution in [1.29, 1.82) is 0 Å². The van der Waals surface area contributed by atoms with Crippen LogP contribution in [0.4, 0.5) is 0 Å². The summed E-state index contributed by atoms with van der Waals surface area (Å²) in [5.74, 6) is 2.30. The maximum Gasteiger partial charge on any atom is 0.0604 e. The van der Waals surface area contributed by atoms with Crippen molar-refractivity contribution in [3.8, 4) is 0 Å². The summed E-state index contributed by atoms with van der Waals surface area (Å²) in [6, 6.07) is 0. The molecule has 1 nitrogen and oxygen atoms in total. The minimum absolute atomic E-state index is 0.0868. The van der Waals surface area contributed by atoms with Gasteiger partial charge in [-0.1, -0.05) is 6.92 Å². The van der Waals surface area contributed by atoms with Gasteiger partial charge in [0.1, 0.15) is 0 Å². The highest BCUT2D eigenvalue weighted by Gasteiger charge is 2.69. The number of aliphatic hydroxyl groups is 1. The first kappa shape index (κ1) is 5.59. The molecule has 1 N–H and O–H groups in total. The lowest BCUT2D eigenvalue weighted by atomic mass is 9.62. The summed E-state index contributed by atoms with van der Waals surface area (Å²) in [5, 5.41) is 9.69. The van der Waals surface area contributed by atoms with Crippen LogP contribution >= 0.6 is 0 Å². The lowest BCUT2D eigenvalue weighted by Crippen LogP contribution is -2.37. The molecule has 4 rings (SSSR count). The van der Waals surface area contributed by atoms with Gasteiger partial charge in [0.2, 0.25) is 0 Å². The highest BCUT2D eigenvalue weighted by molar-refractivity contribution is 5.18. The van der Waals surface area contributed by atoms with Crippen LogP contribution < -0.4 is 0 Å². The SMILES string of the molecule is C[C@@]12C[C@H]3[C@H](O)[C@@H]1CC[C@H]32. The van der Waals surface area contributed by atoms with Crippen LogP contribution in [-0.4, -0.2) is 11.2 Å². The quantitative estimate of drug-likeness (QED) is 0.536. The third-order valence-corrected chi connectivity index (χ3v) is 4.53. The lowest BCUT2D eigenvalue weighted by molar-refractivity contribution is 0.0281. The average molecular weight is 138 g/mol. The molecule has 0 unspecified atom stereocenters. The van der Waals surface area contributed by atoms with Crippen molar-refractivity contribution in [3.63, 3.8) is 0 Å². The van der Waals surface area contributed by atoms with E-state index in [4.69, 9.17) is 0 Å². The number of aliphatic hydroxyl groups excluding tert-OH is 1. The van der Waals surface area contributed by atoms with Crippen LogP contribution in [0.15, 0.2) is 0 Å². The molecule has 56 valence electrons. The molecule has 0 spiro atoms. The highest BCUT2D eigenvalue weighted by atomic mass is 16.3. The summed E-state index contributed by atoms with van der Waals surface area (Å²) in [5.41, 5.74) is 0.587. The van der Waals surface area contributed by atoms with Crippen LogP contribution in [-0.2, 0) is 0 Å². The van der Waals surface area contributed by atoms with Gasteiger partial charge in [0.05, 0.1) is 6.10 Å². The summed E-state index contributed by atoms with van der Waals surface area (Å²) in [6.07, 6.45) is 4.12. The molecule has 5 atom stereocenters. The smallest absolute Gasteiger partial charge is 0.0604 e. The van der Waals surface area contributed by atoms with Gasteiger partial charge in [-0.15, -0.1) is 0 Å². The highest BCUT2D eigenvalue weighted by Crippen LogP contribution is 2.72. The second-order valence-corrected chi connectivity index (χ2v) is 4.65. The fourth-order valence-electron chi connectivity index (χ4n) is 4.01. The van der Waals surface area contributed by atoms with Crippen LogP contribution in [0.1, 0.15) is 26.2 Å². The van der Waals surface area contributed by atoms with Crippen molar-refractivity contribution < 1.29 is 5.11 Å². The molecule has 0 aromatic rings. The third kappa shape index (κ3) is 0.334. The molecule has 4 aliphatic carbocycles. The molecule has 0 saturated heterocycles. The molecule has 10 heavy (non-hydrogen) atoms. The molecular formula is C9H14O. The van der Waals surface area contributed by atoms with E-state index in [0.29, 0.717) is 17.3 Å². The van der Waals surface area contributed by atoms with Crippen molar-refractivity contribution in [2.75, 3.05) is 0 Å². The Bertz CT molecular complexity index is 189. The average Bonchev–Trinajstić information content (AvgIpc) is 2.28. The molecule has 0 aliphatic heterocycles. The zero-order valence-corrected chi connectivity index (χ0v) is 6.38. The van der Waals surface area contributed by atoms with Gasteiger partial charge >= 0.3 is 0 Å². The van der Waals surface area contributed by atoms with E-state index in [1.807, 2.05) is 0 Å². The Hall–Kier alpha value is -0.0400. The largest absolute Gasteiger partial charge is 0.393 e. The lowest BCUT2D eigenvalue weighted by Gasteiger charge is -2.42. The molecule has 0 radical (unpaired) electrons. The molecule has 0 aromatic carbocycles. The van der Waals surface area contributed by atoms with Gasteiger partial charge in [0.15, 0.2) is 0 Å². The van der Waals surface area contributed by atoms with Gasteiger partial charge < -0.3 is 5.11 Å². The van der Waals surface area contributed by atoms with E-state index in [1.54, 1.807) is 0 Å².